The number of aliphatic hydroxyl groups excluding tert-OH is 1. The molecule has 1 fully saturated rings. The molecule has 1 saturated heterocycles. The zero-order valence-electron chi connectivity index (χ0n) is 15.0. The Kier molecular flexibility index (Phi) is 5.42. The molecule has 0 unspecified atom stereocenters. The Morgan fingerprint density at radius 1 is 1.12 bits per heavy atom. The van der Waals surface area contributed by atoms with E-state index >= 15 is 0 Å². The highest BCUT2D eigenvalue weighted by Crippen LogP contribution is 2.33. The number of likely N-dealkylation sites (tertiary alicyclic amines) is 1. The molecule has 0 bridgehead atoms. The lowest BCUT2D eigenvalue weighted by atomic mass is 9.84. The number of β-amino-alcohol motifs (C(OH)–C–C–N with tert-alkyl or cyclic N) is 1. The van der Waals surface area contributed by atoms with Crippen LogP contribution in [0, 0.1) is 6.92 Å². The van der Waals surface area contributed by atoms with E-state index in [4.69, 9.17) is 4.74 Å². The van der Waals surface area contributed by atoms with Crippen molar-refractivity contribution < 1.29 is 14.9 Å². The molecule has 2 aromatic carbocycles. The van der Waals surface area contributed by atoms with Crippen molar-refractivity contribution in [2.24, 2.45) is 0 Å². The van der Waals surface area contributed by atoms with Crippen molar-refractivity contribution in [2.45, 2.75) is 31.5 Å². The number of rotatable bonds is 5. The van der Waals surface area contributed by atoms with Crippen LogP contribution in [0.2, 0.25) is 0 Å². The van der Waals surface area contributed by atoms with Gasteiger partial charge in [-0.25, -0.2) is 0 Å². The van der Waals surface area contributed by atoms with Crippen molar-refractivity contribution in [3.8, 4) is 5.75 Å². The summed E-state index contributed by atoms with van der Waals surface area (Å²) in [5, 5.41) is 21.5. The van der Waals surface area contributed by atoms with Gasteiger partial charge in [-0.1, -0.05) is 42.0 Å². The predicted octanol–water partition coefficient (Wildman–Crippen LogP) is 3.02. The molecule has 0 amide bonds. The van der Waals surface area contributed by atoms with Gasteiger partial charge in [-0.15, -0.1) is 0 Å². The minimum absolute atomic E-state index is 0.531. The highest BCUT2D eigenvalue weighted by molar-refractivity contribution is 5.29. The van der Waals surface area contributed by atoms with E-state index in [1.54, 1.807) is 7.11 Å². The number of benzene rings is 2. The maximum absolute atomic E-state index is 11.0. The van der Waals surface area contributed by atoms with Crippen LogP contribution in [-0.4, -0.2) is 41.9 Å². The van der Waals surface area contributed by atoms with Crippen molar-refractivity contribution >= 4 is 0 Å². The molecule has 1 aliphatic rings. The number of aliphatic hydroxyl groups is 2. The summed E-state index contributed by atoms with van der Waals surface area (Å²) in [6.07, 6.45) is 0.841. The average Bonchev–Trinajstić information content (AvgIpc) is 2.64. The van der Waals surface area contributed by atoms with Crippen LogP contribution in [0.3, 0.4) is 0 Å². The van der Waals surface area contributed by atoms with Gasteiger partial charge in [0.25, 0.3) is 0 Å². The predicted molar refractivity (Wildman–Crippen MR) is 98.7 cm³/mol. The number of piperidine rings is 1. The van der Waals surface area contributed by atoms with Gasteiger partial charge in [-0.05, 0) is 43.0 Å². The number of ether oxygens (including phenoxy) is 1. The SMILES string of the molecule is COc1ccc([C@@H](O)CN2CCC(O)(c3cccc(C)c3)CC2)cc1. The first-order valence-electron chi connectivity index (χ1n) is 8.84. The molecule has 1 atom stereocenters. The third-order valence-corrected chi connectivity index (χ3v) is 5.17. The largest absolute Gasteiger partial charge is 0.497 e. The molecule has 0 aliphatic carbocycles. The van der Waals surface area contributed by atoms with Gasteiger partial charge < -0.3 is 19.8 Å². The highest BCUT2D eigenvalue weighted by atomic mass is 16.5. The lowest BCUT2D eigenvalue weighted by molar-refractivity contribution is -0.0345. The number of hydrogen-bond acceptors (Lipinski definition) is 4. The maximum atomic E-state index is 11.0. The van der Waals surface area contributed by atoms with E-state index in [0.717, 1.165) is 30.0 Å². The Morgan fingerprint density at radius 3 is 2.40 bits per heavy atom. The van der Waals surface area contributed by atoms with E-state index in [1.807, 2.05) is 49.4 Å². The third-order valence-electron chi connectivity index (χ3n) is 5.17. The molecule has 4 heteroatoms. The third kappa shape index (κ3) is 4.21. The molecule has 0 saturated carbocycles. The van der Waals surface area contributed by atoms with Crippen molar-refractivity contribution in [1.29, 1.82) is 0 Å². The van der Waals surface area contributed by atoms with Gasteiger partial charge in [0.15, 0.2) is 0 Å². The summed E-state index contributed by atoms with van der Waals surface area (Å²) in [5.41, 5.74) is 2.31. The Hall–Kier alpha value is -1.88. The fraction of sp³-hybridized carbons (Fsp3) is 0.429. The second kappa shape index (κ2) is 7.56. The molecule has 1 heterocycles. The fourth-order valence-electron chi connectivity index (χ4n) is 3.50. The minimum Gasteiger partial charge on any atom is -0.497 e. The van der Waals surface area contributed by atoms with E-state index < -0.39 is 11.7 Å². The van der Waals surface area contributed by atoms with Crippen molar-refractivity contribution in [2.75, 3.05) is 26.7 Å². The molecule has 134 valence electrons. The first kappa shape index (κ1) is 17.9. The molecule has 1 aliphatic heterocycles. The molecular formula is C21H27NO3. The minimum atomic E-state index is -0.756. The van der Waals surface area contributed by atoms with Gasteiger partial charge in [0.2, 0.25) is 0 Å². The van der Waals surface area contributed by atoms with Crippen LogP contribution < -0.4 is 4.74 Å². The summed E-state index contributed by atoms with van der Waals surface area (Å²) in [6, 6.07) is 15.7. The summed E-state index contributed by atoms with van der Waals surface area (Å²) in [5.74, 6) is 0.789. The van der Waals surface area contributed by atoms with Crippen LogP contribution in [0.4, 0.5) is 0 Å². The molecule has 0 radical (unpaired) electrons. The standard InChI is InChI=1S/C21H27NO3/c1-16-4-3-5-18(14-16)21(24)10-12-22(13-11-21)15-20(23)17-6-8-19(25-2)9-7-17/h3-9,14,20,23-24H,10-13,15H2,1-2H3/t20-/m0/s1. The van der Waals surface area contributed by atoms with Crippen LogP contribution in [0.5, 0.6) is 5.75 Å². The number of methoxy groups -OCH3 is 1. The summed E-state index contributed by atoms with van der Waals surface area (Å²) in [4.78, 5) is 2.22. The molecule has 0 spiro atoms. The van der Waals surface area contributed by atoms with E-state index in [-0.39, 0.29) is 0 Å². The smallest absolute Gasteiger partial charge is 0.118 e. The van der Waals surface area contributed by atoms with Gasteiger partial charge in [-0.2, -0.15) is 0 Å². The van der Waals surface area contributed by atoms with E-state index in [1.165, 1.54) is 5.56 Å². The molecular weight excluding hydrogens is 314 g/mol. The first-order valence-corrected chi connectivity index (χ1v) is 8.84. The topological polar surface area (TPSA) is 52.9 Å². The van der Waals surface area contributed by atoms with Crippen molar-refractivity contribution in [3.05, 3.63) is 65.2 Å². The quantitative estimate of drug-likeness (QED) is 0.878. The molecule has 0 aromatic heterocycles. The van der Waals surface area contributed by atoms with Crippen LogP contribution in [0.25, 0.3) is 0 Å². The maximum Gasteiger partial charge on any atom is 0.118 e. The fourth-order valence-corrected chi connectivity index (χ4v) is 3.50. The highest BCUT2D eigenvalue weighted by Gasteiger charge is 2.34. The lowest BCUT2D eigenvalue weighted by Gasteiger charge is -2.39. The summed E-state index contributed by atoms with van der Waals surface area (Å²) < 4.78 is 5.15. The van der Waals surface area contributed by atoms with Gasteiger partial charge in [0, 0.05) is 19.6 Å². The number of aryl methyl sites for hydroxylation is 1. The Bertz CT molecular complexity index is 691. The summed E-state index contributed by atoms with van der Waals surface area (Å²) in [6.45, 7) is 4.18. The normalized spacial score (nSPS) is 18.7. The van der Waals surface area contributed by atoms with Crippen molar-refractivity contribution in [1.82, 2.24) is 4.90 Å². The zero-order valence-corrected chi connectivity index (χ0v) is 15.0. The van der Waals surface area contributed by atoms with E-state index in [0.29, 0.717) is 19.4 Å². The second-order valence-electron chi connectivity index (χ2n) is 6.99. The summed E-state index contributed by atoms with van der Waals surface area (Å²) in [7, 11) is 1.63. The Balaban J connectivity index is 1.58. The van der Waals surface area contributed by atoms with Crippen molar-refractivity contribution in [3.63, 3.8) is 0 Å². The molecule has 3 rings (SSSR count). The lowest BCUT2D eigenvalue weighted by Crippen LogP contribution is -2.44. The number of nitrogens with zero attached hydrogens (tertiary/aromatic N) is 1. The molecule has 25 heavy (non-hydrogen) atoms. The van der Waals surface area contributed by atoms with Crippen LogP contribution in [0.1, 0.15) is 35.6 Å². The number of hydrogen-bond donors (Lipinski definition) is 2. The Labute approximate surface area is 149 Å². The second-order valence-corrected chi connectivity index (χ2v) is 6.99. The molecule has 4 nitrogen and oxygen atoms in total. The van der Waals surface area contributed by atoms with Crippen LogP contribution in [-0.2, 0) is 5.60 Å². The van der Waals surface area contributed by atoms with Crippen LogP contribution in [0.15, 0.2) is 48.5 Å². The van der Waals surface area contributed by atoms with E-state index in [9.17, 15) is 10.2 Å². The molecule has 2 N–H and O–H groups in total. The van der Waals surface area contributed by atoms with Gasteiger partial charge in [0.1, 0.15) is 5.75 Å². The zero-order chi connectivity index (χ0) is 17.9. The molecule has 2 aromatic rings. The van der Waals surface area contributed by atoms with E-state index in [2.05, 4.69) is 11.0 Å². The summed E-state index contributed by atoms with van der Waals surface area (Å²) >= 11 is 0. The van der Waals surface area contributed by atoms with Crippen LogP contribution >= 0.6 is 0 Å². The van der Waals surface area contributed by atoms with Gasteiger partial charge >= 0.3 is 0 Å². The first-order chi connectivity index (χ1) is 12.0. The van der Waals surface area contributed by atoms with Gasteiger partial charge in [-0.3, -0.25) is 0 Å². The monoisotopic (exact) mass is 341 g/mol. The Morgan fingerprint density at radius 2 is 1.80 bits per heavy atom. The van der Waals surface area contributed by atoms with Gasteiger partial charge in [0.05, 0.1) is 18.8 Å². The average molecular weight is 341 g/mol.